The number of benzene rings is 1. The average Bonchev–Trinajstić information content (AvgIpc) is 3.16. The van der Waals surface area contributed by atoms with Gasteiger partial charge in [0.2, 0.25) is 0 Å². The number of aliphatic hydroxyl groups is 1. The lowest BCUT2D eigenvalue weighted by Crippen LogP contribution is -2.07. The molecule has 126 valence electrons. The van der Waals surface area contributed by atoms with Gasteiger partial charge in [-0.3, -0.25) is 4.68 Å². The number of nitrogens with zero attached hydrogens (tertiary/aromatic N) is 5. The number of aliphatic hydroxyl groups excluding tert-OH is 1. The Bertz CT molecular complexity index is 827. The van der Waals surface area contributed by atoms with Crippen LogP contribution in [0.25, 0.3) is 5.69 Å². The van der Waals surface area contributed by atoms with Crippen molar-refractivity contribution in [2.75, 3.05) is 11.9 Å². The highest BCUT2D eigenvalue weighted by molar-refractivity contribution is 6.32. The van der Waals surface area contributed by atoms with Crippen LogP contribution in [0.2, 0.25) is 5.02 Å². The summed E-state index contributed by atoms with van der Waals surface area (Å²) in [5.74, 6) is 0. The molecule has 0 aliphatic carbocycles. The number of nitrogens with one attached hydrogen (secondary N) is 1. The maximum Gasteiger partial charge on any atom is 0.138 e. The molecule has 2 N–H and O–H groups in total. The zero-order valence-electron chi connectivity index (χ0n) is 13.6. The molecule has 0 bridgehead atoms. The van der Waals surface area contributed by atoms with E-state index in [0.29, 0.717) is 18.1 Å². The molecule has 3 rings (SSSR count). The maximum absolute atomic E-state index is 9.08. The van der Waals surface area contributed by atoms with Gasteiger partial charge in [0.25, 0.3) is 0 Å². The van der Waals surface area contributed by atoms with E-state index in [2.05, 4.69) is 20.5 Å². The Kier molecular flexibility index (Phi) is 4.82. The molecule has 0 spiro atoms. The first-order valence-electron chi connectivity index (χ1n) is 7.62. The van der Waals surface area contributed by atoms with E-state index in [1.165, 1.54) is 6.33 Å². The van der Waals surface area contributed by atoms with Gasteiger partial charge in [-0.15, -0.1) is 0 Å². The van der Waals surface area contributed by atoms with E-state index in [4.69, 9.17) is 16.7 Å². The van der Waals surface area contributed by atoms with Crippen LogP contribution in [-0.4, -0.2) is 36.3 Å². The Labute approximate surface area is 144 Å². The van der Waals surface area contributed by atoms with Crippen molar-refractivity contribution in [3.8, 4) is 5.69 Å². The van der Waals surface area contributed by atoms with Crippen molar-refractivity contribution in [3.05, 3.63) is 52.8 Å². The Morgan fingerprint density at radius 2 is 2.12 bits per heavy atom. The lowest BCUT2D eigenvalue weighted by molar-refractivity contribution is 0.268. The Morgan fingerprint density at radius 3 is 2.79 bits per heavy atom. The summed E-state index contributed by atoms with van der Waals surface area (Å²) in [4.78, 5) is 3.93. The predicted molar refractivity (Wildman–Crippen MR) is 92.5 cm³/mol. The quantitative estimate of drug-likeness (QED) is 0.716. The van der Waals surface area contributed by atoms with Gasteiger partial charge in [-0.2, -0.15) is 10.2 Å². The SMILES string of the molecule is Cc1nn(CCO)c(C)c1CNc1ccc(-n2cncn2)c(Cl)c1. The highest BCUT2D eigenvalue weighted by Crippen LogP contribution is 2.24. The molecule has 8 heteroatoms. The van der Waals surface area contributed by atoms with E-state index in [1.807, 2.05) is 36.7 Å². The third kappa shape index (κ3) is 3.27. The molecule has 0 atom stereocenters. The third-order valence-electron chi connectivity index (χ3n) is 3.93. The van der Waals surface area contributed by atoms with E-state index in [9.17, 15) is 0 Å². The first-order valence-corrected chi connectivity index (χ1v) is 8.00. The summed E-state index contributed by atoms with van der Waals surface area (Å²) < 4.78 is 3.45. The topological polar surface area (TPSA) is 80.8 Å². The third-order valence-corrected chi connectivity index (χ3v) is 4.23. The minimum absolute atomic E-state index is 0.0776. The van der Waals surface area contributed by atoms with Crippen LogP contribution >= 0.6 is 11.6 Å². The molecule has 0 saturated heterocycles. The highest BCUT2D eigenvalue weighted by Gasteiger charge is 2.11. The zero-order valence-corrected chi connectivity index (χ0v) is 14.3. The zero-order chi connectivity index (χ0) is 17.1. The predicted octanol–water partition coefficient (Wildman–Crippen LogP) is 2.34. The summed E-state index contributed by atoms with van der Waals surface area (Å²) in [5.41, 5.74) is 4.83. The summed E-state index contributed by atoms with van der Waals surface area (Å²) in [6.45, 7) is 5.20. The standard InChI is InChI=1S/C16H19ClN6O/c1-11-14(12(2)22(21-11)5-6-24)8-19-13-3-4-16(15(17)7-13)23-10-18-9-20-23/h3-4,7,9-10,19,24H,5-6,8H2,1-2H3. The summed E-state index contributed by atoms with van der Waals surface area (Å²) in [5, 5.41) is 21.6. The van der Waals surface area contributed by atoms with E-state index < -0.39 is 0 Å². The van der Waals surface area contributed by atoms with E-state index >= 15 is 0 Å². The number of aromatic nitrogens is 5. The van der Waals surface area contributed by atoms with Crippen molar-refractivity contribution < 1.29 is 5.11 Å². The fraction of sp³-hybridized carbons (Fsp3) is 0.312. The molecule has 2 aromatic heterocycles. The van der Waals surface area contributed by atoms with Crippen LogP contribution in [0.15, 0.2) is 30.9 Å². The number of aryl methyl sites for hydroxylation is 1. The van der Waals surface area contributed by atoms with Crippen LogP contribution < -0.4 is 5.32 Å². The smallest absolute Gasteiger partial charge is 0.138 e. The number of halogens is 1. The molecule has 0 aliphatic rings. The lowest BCUT2D eigenvalue weighted by Gasteiger charge is -2.10. The molecule has 24 heavy (non-hydrogen) atoms. The Hall–Kier alpha value is -2.38. The average molecular weight is 347 g/mol. The van der Waals surface area contributed by atoms with Gasteiger partial charge in [0.05, 0.1) is 29.6 Å². The molecule has 7 nitrogen and oxygen atoms in total. The summed E-state index contributed by atoms with van der Waals surface area (Å²) in [7, 11) is 0. The van der Waals surface area contributed by atoms with Crippen LogP contribution in [-0.2, 0) is 13.1 Å². The van der Waals surface area contributed by atoms with Crippen molar-refractivity contribution in [1.82, 2.24) is 24.5 Å². The van der Waals surface area contributed by atoms with E-state index in [0.717, 1.165) is 28.3 Å². The van der Waals surface area contributed by atoms with Crippen LogP contribution in [0.4, 0.5) is 5.69 Å². The van der Waals surface area contributed by atoms with Gasteiger partial charge in [0.15, 0.2) is 0 Å². The first kappa shape index (κ1) is 16.5. The van der Waals surface area contributed by atoms with Gasteiger partial charge in [0, 0.05) is 23.5 Å². The van der Waals surface area contributed by atoms with Gasteiger partial charge in [-0.1, -0.05) is 11.6 Å². The number of hydrogen-bond acceptors (Lipinski definition) is 5. The molecular formula is C16H19ClN6O. The van der Waals surface area contributed by atoms with Crippen molar-refractivity contribution in [2.24, 2.45) is 0 Å². The minimum atomic E-state index is 0.0776. The maximum atomic E-state index is 9.08. The summed E-state index contributed by atoms with van der Waals surface area (Å²) in [6.07, 6.45) is 3.08. The molecule has 0 saturated carbocycles. The minimum Gasteiger partial charge on any atom is -0.394 e. The fourth-order valence-corrected chi connectivity index (χ4v) is 2.90. The van der Waals surface area contributed by atoms with Gasteiger partial charge < -0.3 is 10.4 Å². The van der Waals surface area contributed by atoms with E-state index in [-0.39, 0.29) is 6.61 Å². The Morgan fingerprint density at radius 1 is 1.29 bits per heavy atom. The fourth-order valence-electron chi connectivity index (χ4n) is 2.63. The van der Waals surface area contributed by atoms with Crippen molar-refractivity contribution >= 4 is 17.3 Å². The molecule has 0 aliphatic heterocycles. The lowest BCUT2D eigenvalue weighted by atomic mass is 10.2. The monoisotopic (exact) mass is 346 g/mol. The molecular weight excluding hydrogens is 328 g/mol. The van der Waals surface area contributed by atoms with Gasteiger partial charge in [-0.05, 0) is 32.0 Å². The second-order valence-corrected chi connectivity index (χ2v) is 5.86. The molecule has 0 unspecified atom stereocenters. The van der Waals surface area contributed by atoms with Crippen molar-refractivity contribution in [2.45, 2.75) is 26.9 Å². The number of rotatable bonds is 6. The van der Waals surface area contributed by atoms with Crippen LogP contribution in [0.5, 0.6) is 0 Å². The number of hydrogen-bond donors (Lipinski definition) is 2. The first-order chi connectivity index (χ1) is 11.6. The molecule has 0 radical (unpaired) electrons. The van der Waals surface area contributed by atoms with Crippen molar-refractivity contribution in [1.29, 1.82) is 0 Å². The molecule has 0 fully saturated rings. The number of anilines is 1. The van der Waals surface area contributed by atoms with Gasteiger partial charge >= 0.3 is 0 Å². The second-order valence-electron chi connectivity index (χ2n) is 5.46. The summed E-state index contributed by atoms with van der Waals surface area (Å²) in [6, 6.07) is 5.71. The van der Waals surface area contributed by atoms with Crippen LogP contribution in [0.3, 0.4) is 0 Å². The van der Waals surface area contributed by atoms with Gasteiger partial charge in [-0.25, -0.2) is 9.67 Å². The molecule has 1 aromatic carbocycles. The van der Waals surface area contributed by atoms with E-state index in [1.54, 1.807) is 11.0 Å². The molecule has 0 amide bonds. The van der Waals surface area contributed by atoms with Crippen molar-refractivity contribution in [3.63, 3.8) is 0 Å². The molecule has 3 aromatic rings. The normalized spacial score (nSPS) is 11.0. The van der Waals surface area contributed by atoms with Gasteiger partial charge in [0.1, 0.15) is 12.7 Å². The second kappa shape index (κ2) is 7.02. The van der Waals surface area contributed by atoms with Crippen LogP contribution in [0, 0.1) is 13.8 Å². The largest absolute Gasteiger partial charge is 0.394 e. The highest BCUT2D eigenvalue weighted by atomic mass is 35.5. The van der Waals surface area contributed by atoms with Crippen LogP contribution in [0.1, 0.15) is 17.0 Å². The molecule has 2 heterocycles. The Balaban J connectivity index is 1.75. The summed E-state index contributed by atoms with van der Waals surface area (Å²) >= 11 is 6.34.